The van der Waals surface area contributed by atoms with Crippen LogP contribution in [0.1, 0.15) is 15.9 Å². The fraction of sp³-hybridized carbons (Fsp3) is 0.462. The summed E-state index contributed by atoms with van der Waals surface area (Å²) >= 11 is 1.74. The van der Waals surface area contributed by atoms with Crippen LogP contribution in [-0.2, 0) is 6.42 Å². The van der Waals surface area contributed by atoms with Crippen molar-refractivity contribution in [2.24, 2.45) is 5.73 Å². The van der Waals surface area contributed by atoms with Crippen molar-refractivity contribution in [3.8, 4) is 0 Å². The summed E-state index contributed by atoms with van der Waals surface area (Å²) in [5, 5.41) is 0. The first-order chi connectivity index (χ1) is 8.20. The van der Waals surface area contributed by atoms with E-state index >= 15 is 0 Å². The fourth-order valence-electron chi connectivity index (χ4n) is 1.64. The third-order valence-corrected chi connectivity index (χ3v) is 3.23. The van der Waals surface area contributed by atoms with Gasteiger partial charge in [0.15, 0.2) is 0 Å². The first-order valence-electron chi connectivity index (χ1n) is 5.73. The quantitative estimate of drug-likeness (QED) is 0.837. The minimum absolute atomic E-state index is 0.0862. The van der Waals surface area contributed by atoms with E-state index < -0.39 is 0 Å². The van der Waals surface area contributed by atoms with Crippen LogP contribution in [-0.4, -0.2) is 43.0 Å². The zero-order valence-electron chi connectivity index (χ0n) is 10.5. The normalized spacial score (nSPS) is 10.3. The SMILES string of the molecule is CSCCN(C)C(=O)c1ccccc1CCN. The van der Waals surface area contributed by atoms with Crippen molar-refractivity contribution in [2.45, 2.75) is 6.42 Å². The second-order valence-electron chi connectivity index (χ2n) is 3.92. The summed E-state index contributed by atoms with van der Waals surface area (Å²) in [5.74, 6) is 1.05. The molecule has 2 N–H and O–H groups in total. The Bertz CT molecular complexity index is 368. The average Bonchev–Trinajstić information content (AvgIpc) is 2.36. The molecule has 0 aromatic heterocycles. The largest absolute Gasteiger partial charge is 0.341 e. The van der Waals surface area contributed by atoms with Crippen molar-refractivity contribution in [3.05, 3.63) is 35.4 Å². The zero-order chi connectivity index (χ0) is 12.7. The lowest BCUT2D eigenvalue weighted by Gasteiger charge is -2.18. The molecule has 0 bridgehead atoms. The molecule has 0 aliphatic heterocycles. The minimum atomic E-state index is 0.0862. The van der Waals surface area contributed by atoms with Gasteiger partial charge in [0.25, 0.3) is 5.91 Å². The molecule has 1 amide bonds. The molecule has 0 aliphatic carbocycles. The molecule has 3 nitrogen and oxygen atoms in total. The van der Waals surface area contributed by atoms with E-state index in [0.717, 1.165) is 29.8 Å². The van der Waals surface area contributed by atoms with Crippen molar-refractivity contribution < 1.29 is 4.79 Å². The number of carbonyl (C=O) groups excluding carboxylic acids is 1. The maximum Gasteiger partial charge on any atom is 0.253 e. The molecule has 0 fully saturated rings. The molecule has 0 saturated carbocycles. The molecule has 1 aromatic rings. The number of thioether (sulfide) groups is 1. The highest BCUT2D eigenvalue weighted by Gasteiger charge is 2.14. The number of rotatable bonds is 6. The van der Waals surface area contributed by atoms with E-state index in [-0.39, 0.29) is 5.91 Å². The highest BCUT2D eigenvalue weighted by molar-refractivity contribution is 7.98. The van der Waals surface area contributed by atoms with E-state index in [2.05, 4.69) is 0 Å². The van der Waals surface area contributed by atoms with Crippen LogP contribution in [0.5, 0.6) is 0 Å². The van der Waals surface area contributed by atoms with Crippen LogP contribution in [0.4, 0.5) is 0 Å². The number of nitrogens with zero attached hydrogens (tertiary/aromatic N) is 1. The lowest BCUT2D eigenvalue weighted by molar-refractivity contribution is 0.0802. The average molecular weight is 252 g/mol. The van der Waals surface area contributed by atoms with Gasteiger partial charge in [0.2, 0.25) is 0 Å². The summed E-state index contributed by atoms with van der Waals surface area (Å²) < 4.78 is 0. The zero-order valence-corrected chi connectivity index (χ0v) is 11.3. The Kier molecular flexibility index (Phi) is 6.08. The first-order valence-corrected chi connectivity index (χ1v) is 7.12. The van der Waals surface area contributed by atoms with Crippen LogP contribution in [0.2, 0.25) is 0 Å². The molecule has 0 heterocycles. The van der Waals surface area contributed by atoms with Gasteiger partial charge in [-0.2, -0.15) is 11.8 Å². The predicted molar refractivity (Wildman–Crippen MR) is 74.5 cm³/mol. The Morgan fingerprint density at radius 1 is 1.41 bits per heavy atom. The van der Waals surface area contributed by atoms with Crippen LogP contribution in [0.25, 0.3) is 0 Å². The molecule has 1 aromatic carbocycles. The van der Waals surface area contributed by atoms with Crippen molar-refractivity contribution in [1.29, 1.82) is 0 Å². The molecule has 17 heavy (non-hydrogen) atoms. The standard InChI is InChI=1S/C13H20N2OS/c1-15(9-10-17-2)13(16)12-6-4-3-5-11(12)7-8-14/h3-6H,7-10,14H2,1-2H3. The predicted octanol–water partition coefficient (Wildman–Crippen LogP) is 1.62. The van der Waals surface area contributed by atoms with Crippen molar-refractivity contribution >= 4 is 17.7 Å². The summed E-state index contributed by atoms with van der Waals surface area (Å²) in [5.41, 5.74) is 7.37. The molecule has 0 unspecified atom stereocenters. The molecular weight excluding hydrogens is 232 g/mol. The van der Waals surface area contributed by atoms with Gasteiger partial charge in [-0.25, -0.2) is 0 Å². The molecule has 94 valence electrons. The van der Waals surface area contributed by atoms with Gasteiger partial charge in [0.1, 0.15) is 0 Å². The third-order valence-electron chi connectivity index (χ3n) is 2.64. The third kappa shape index (κ3) is 4.06. The van der Waals surface area contributed by atoms with Gasteiger partial charge in [-0.05, 0) is 30.9 Å². The second kappa shape index (κ2) is 7.35. The Hall–Kier alpha value is -1.00. The Balaban J connectivity index is 2.80. The smallest absolute Gasteiger partial charge is 0.253 e. The summed E-state index contributed by atoms with van der Waals surface area (Å²) in [7, 11) is 1.85. The summed E-state index contributed by atoms with van der Waals surface area (Å²) in [6.07, 6.45) is 2.79. The Morgan fingerprint density at radius 3 is 2.76 bits per heavy atom. The second-order valence-corrected chi connectivity index (χ2v) is 4.90. The molecule has 0 atom stereocenters. The van der Waals surface area contributed by atoms with E-state index in [0.29, 0.717) is 6.54 Å². The highest BCUT2D eigenvalue weighted by Crippen LogP contribution is 2.12. The molecular formula is C13H20N2OS. The van der Waals surface area contributed by atoms with Crippen LogP contribution in [0.3, 0.4) is 0 Å². The Labute approximate surface area is 107 Å². The molecule has 1 rings (SSSR count). The van der Waals surface area contributed by atoms with Crippen LogP contribution >= 0.6 is 11.8 Å². The van der Waals surface area contributed by atoms with E-state index in [9.17, 15) is 4.79 Å². The highest BCUT2D eigenvalue weighted by atomic mass is 32.2. The summed E-state index contributed by atoms with van der Waals surface area (Å²) in [4.78, 5) is 14.0. The topological polar surface area (TPSA) is 46.3 Å². The van der Waals surface area contributed by atoms with Gasteiger partial charge < -0.3 is 10.6 Å². The van der Waals surface area contributed by atoms with Crippen LogP contribution < -0.4 is 5.73 Å². The molecule has 0 spiro atoms. The monoisotopic (exact) mass is 252 g/mol. The van der Waals surface area contributed by atoms with Crippen molar-refractivity contribution in [1.82, 2.24) is 4.90 Å². The molecule has 0 aliphatic rings. The first kappa shape index (κ1) is 14.1. The maximum absolute atomic E-state index is 12.2. The van der Waals surface area contributed by atoms with Gasteiger partial charge in [-0.3, -0.25) is 4.79 Å². The Morgan fingerprint density at radius 2 is 2.12 bits per heavy atom. The number of amides is 1. The van der Waals surface area contributed by atoms with Crippen LogP contribution in [0.15, 0.2) is 24.3 Å². The number of hydrogen-bond donors (Lipinski definition) is 1. The number of hydrogen-bond acceptors (Lipinski definition) is 3. The maximum atomic E-state index is 12.2. The summed E-state index contributed by atoms with van der Waals surface area (Å²) in [6.45, 7) is 1.34. The fourth-order valence-corrected chi connectivity index (χ4v) is 2.09. The van der Waals surface area contributed by atoms with E-state index in [1.165, 1.54) is 0 Å². The number of benzene rings is 1. The van der Waals surface area contributed by atoms with Gasteiger partial charge in [-0.15, -0.1) is 0 Å². The molecule has 0 saturated heterocycles. The van der Waals surface area contributed by atoms with Crippen molar-refractivity contribution in [3.63, 3.8) is 0 Å². The molecule has 4 heteroatoms. The lowest BCUT2D eigenvalue weighted by Crippen LogP contribution is -2.29. The van der Waals surface area contributed by atoms with Crippen molar-refractivity contribution in [2.75, 3.05) is 32.1 Å². The molecule has 0 radical (unpaired) electrons. The minimum Gasteiger partial charge on any atom is -0.341 e. The number of nitrogens with two attached hydrogens (primary N) is 1. The summed E-state index contributed by atoms with van der Waals surface area (Å²) in [6, 6.07) is 7.70. The van der Waals surface area contributed by atoms with Gasteiger partial charge >= 0.3 is 0 Å². The van der Waals surface area contributed by atoms with Gasteiger partial charge in [-0.1, -0.05) is 18.2 Å². The number of carbonyl (C=O) groups is 1. The van der Waals surface area contributed by atoms with Gasteiger partial charge in [0.05, 0.1) is 0 Å². The van der Waals surface area contributed by atoms with E-state index in [4.69, 9.17) is 5.73 Å². The van der Waals surface area contributed by atoms with Gasteiger partial charge in [0, 0.05) is 24.9 Å². The van der Waals surface area contributed by atoms with Crippen LogP contribution in [0, 0.1) is 0 Å². The van der Waals surface area contributed by atoms with E-state index in [1.54, 1.807) is 16.7 Å². The van der Waals surface area contributed by atoms with E-state index in [1.807, 2.05) is 37.6 Å². The lowest BCUT2D eigenvalue weighted by atomic mass is 10.0.